The number of hydrogen-bond acceptors (Lipinski definition) is 7. The number of hydrogen-bond donors (Lipinski definition) is 2. The molecule has 1 aromatic heterocycles. The van der Waals surface area contributed by atoms with Gasteiger partial charge in [-0.2, -0.15) is 0 Å². The van der Waals surface area contributed by atoms with Crippen LogP contribution in [0.25, 0.3) is 0 Å². The van der Waals surface area contributed by atoms with Crippen LogP contribution < -0.4 is 4.72 Å². The van der Waals surface area contributed by atoms with Crippen molar-refractivity contribution < 1.29 is 27.7 Å². The molecule has 3 rings (SSSR count). The highest BCUT2D eigenvalue weighted by Crippen LogP contribution is 2.26. The number of halogens is 1. The van der Waals surface area contributed by atoms with Gasteiger partial charge in [-0.1, -0.05) is 6.07 Å². The maximum atomic E-state index is 12.7. The van der Waals surface area contributed by atoms with Crippen LogP contribution in [0.2, 0.25) is 0 Å². The summed E-state index contributed by atoms with van der Waals surface area (Å²) in [6, 6.07) is 11.5. The number of aromatic hydroxyl groups is 1. The molecule has 0 fully saturated rings. The van der Waals surface area contributed by atoms with E-state index in [1.54, 1.807) is 12.1 Å². The van der Waals surface area contributed by atoms with Crippen molar-refractivity contribution in [2.75, 3.05) is 11.8 Å². The van der Waals surface area contributed by atoms with E-state index in [0.717, 1.165) is 6.07 Å². The lowest BCUT2D eigenvalue weighted by Gasteiger charge is -2.17. The van der Waals surface area contributed by atoms with E-state index in [2.05, 4.69) is 20.7 Å². The first-order valence-corrected chi connectivity index (χ1v) is 10.9. The van der Waals surface area contributed by atoms with Crippen molar-refractivity contribution in [2.24, 2.45) is 0 Å². The Balaban J connectivity index is 1.84. The summed E-state index contributed by atoms with van der Waals surface area (Å²) in [5.74, 6) is -0.401. The molecule has 1 heterocycles. The first-order valence-electron chi connectivity index (χ1n) is 8.67. The van der Waals surface area contributed by atoms with Gasteiger partial charge in [0.25, 0.3) is 21.6 Å². The van der Waals surface area contributed by atoms with Crippen molar-refractivity contribution >= 4 is 43.2 Å². The fourth-order valence-electron chi connectivity index (χ4n) is 2.70. The van der Waals surface area contributed by atoms with E-state index in [1.165, 1.54) is 48.3 Å². The topological polar surface area (TPSA) is 143 Å². The smallest absolute Gasteiger partial charge is 0.270 e. The molecule has 3 aromatic rings. The summed E-state index contributed by atoms with van der Waals surface area (Å²) in [5.41, 5.74) is -0.509. The van der Waals surface area contributed by atoms with Gasteiger partial charge in [-0.3, -0.25) is 19.6 Å². The molecule has 0 saturated carbocycles. The second-order valence-electron chi connectivity index (χ2n) is 6.46. The highest BCUT2D eigenvalue weighted by atomic mass is 79.9. The van der Waals surface area contributed by atoms with Gasteiger partial charge in [-0.15, -0.1) is 0 Å². The van der Waals surface area contributed by atoms with Gasteiger partial charge in [-0.25, -0.2) is 8.42 Å². The van der Waals surface area contributed by atoms with E-state index in [4.69, 9.17) is 4.42 Å². The average molecular weight is 510 g/mol. The number of anilines is 1. The van der Waals surface area contributed by atoms with Gasteiger partial charge in [0, 0.05) is 24.9 Å². The third-order valence-corrected chi connectivity index (χ3v) is 5.99. The second kappa shape index (κ2) is 8.78. The maximum Gasteiger partial charge on any atom is 0.270 e. The van der Waals surface area contributed by atoms with E-state index in [9.17, 15) is 28.4 Å². The minimum Gasteiger partial charge on any atom is -0.507 e. The lowest BCUT2D eigenvalue weighted by Crippen LogP contribution is -2.26. The van der Waals surface area contributed by atoms with E-state index < -0.39 is 20.9 Å². The number of amides is 1. The molecule has 0 bridgehead atoms. The minimum absolute atomic E-state index is 0.00167. The fourth-order valence-corrected chi connectivity index (χ4v) is 4.13. The van der Waals surface area contributed by atoms with Crippen molar-refractivity contribution in [1.82, 2.24) is 4.90 Å². The summed E-state index contributed by atoms with van der Waals surface area (Å²) in [5, 5.41) is 21.0. The summed E-state index contributed by atoms with van der Waals surface area (Å²) in [6.45, 7) is 0.119. The number of carbonyl (C=O) groups excluding carboxylic acids is 1. The van der Waals surface area contributed by atoms with Crippen LogP contribution in [-0.4, -0.2) is 36.3 Å². The van der Waals surface area contributed by atoms with Gasteiger partial charge >= 0.3 is 0 Å². The van der Waals surface area contributed by atoms with Crippen molar-refractivity contribution in [1.29, 1.82) is 0 Å². The minimum atomic E-state index is -4.17. The second-order valence-corrected chi connectivity index (χ2v) is 8.92. The Morgan fingerprint density at radius 2 is 1.97 bits per heavy atom. The standard InChI is InChI=1S/C19H16BrN3O7S/c1-22(11-14-6-8-18(20)30-14)19(25)16-9-12(5-7-17(16)24)21-31(28,29)15-4-2-3-13(10-15)23(26)27/h2-10,21,24H,11H2,1H3. The molecule has 0 aliphatic carbocycles. The molecule has 31 heavy (non-hydrogen) atoms. The van der Waals surface area contributed by atoms with Crippen LogP contribution >= 0.6 is 15.9 Å². The Morgan fingerprint density at radius 1 is 1.23 bits per heavy atom. The number of nitro benzene ring substituents is 1. The Kier molecular flexibility index (Phi) is 6.32. The Hall–Kier alpha value is -3.38. The number of phenols is 1. The van der Waals surface area contributed by atoms with E-state index in [1.807, 2.05) is 0 Å². The normalized spacial score (nSPS) is 11.2. The van der Waals surface area contributed by atoms with Crippen molar-refractivity contribution in [3.8, 4) is 5.75 Å². The molecule has 0 saturated heterocycles. The van der Waals surface area contributed by atoms with Crippen LogP contribution in [0.3, 0.4) is 0 Å². The zero-order valence-corrected chi connectivity index (χ0v) is 18.4. The molecule has 0 unspecified atom stereocenters. The van der Waals surface area contributed by atoms with E-state index >= 15 is 0 Å². The van der Waals surface area contributed by atoms with Crippen molar-refractivity contribution in [3.63, 3.8) is 0 Å². The van der Waals surface area contributed by atoms with Crippen molar-refractivity contribution in [2.45, 2.75) is 11.4 Å². The summed E-state index contributed by atoms with van der Waals surface area (Å²) in [4.78, 5) is 23.9. The monoisotopic (exact) mass is 509 g/mol. The Labute approximate surface area is 185 Å². The Bertz CT molecular complexity index is 1260. The molecule has 2 N–H and O–H groups in total. The van der Waals surface area contributed by atoms with Gasteiger partial charge in [-0.05, 0) is 52.3 Å². The molecule has 10 nitrogen and oxygen atoms in total. The van der Waals surface area contributed by atoms with Crippen molar-refractivity contribution in [3.05, 3.63) is 80.7 Å². The SMILES string of the molecule is CN(Cc1ccc(Br)o1)C(=O)c1cc(NS(=O)(=O)c2cccc([N+](=O)[O-])c2)ccc1O. The number of nitrogens with one attached hydrogen (secondary N) is 1. The fraction of sp³-hybridized carbons (Fsp3) is 0.105. The number of rotatable bonds is 7. The molecular formula is C19H16BrN3O7S. The van der Waals surface area contributed by atoms with Gasteiger partial charge in [0.05, 0.1) is 21.9 Å². The third kappa shape index (κ3) is 5.22. The zero-order valence-electron chi connectivity index (χ0n) is 16.0. The number of non-ortho nitro benzene ring substituents is 1. The summed E-state index contributed by atoms with van der Waals surface area (Å²) < 4.78 is 33.3. The molecule has 162 valence electrons. The summed E-state index contributed by atoms with van der Waals surface area (Å²) >= 11 is 3.17. The summed E-state index contributed by atoms with van der Waals surface area (Å²) in [7, 11) is -2.67. The molecular weight excluding hydrogens is 494 g/mol. The first-order chi connectivity index (χ1) is 14.6. The third-order valence-electron chi connectivity index (χ3n) is 4.19. The Morgan fingerprint density at radius 3 is 2.61 bits per heavy atom. The van der Waals surface area contributed by atoms with Crippen LogP contribution in [-0.2, 0) is 16.6 Å². The maximum absolute atomic E-state index is 12.7. The quantitative estimate of drug-likeness (QED) is 0.280. The highest BCUT2D eigenvalue weighted by Gasteiger charge is 2.21. The van der Waals surface area contributed by atoms with Crippen LogP contribution in [0.4, 0.5) is 11.4 Å². The molecule has 0 radical (unpaired) electrons. The summed E-state index contributed by atoms with van der Waals surface area (Å²) in [6.07, 6.45) is 0. The van der Waals surface area contributed by atoms with Gasteiger partial charge in [0.1, 0.15) is 11.5 Å². The number of nitro groups is 1. The molecule has 1 amide bonds. The largest absolute Gasteiger partial charge is 0.507 e. The lowest BCUT2D eigenvalue weighted by molar-refractivity contribution is -0.385. The average Bonchev–Trinajstić information content (AvgIpc) is 3.13. The van der Waals surface area contributed by atoms with Crippen LogP contribution in [0.15, 0.2) is 68.6 Å². The molecule has 0 spiro atoms. The lowest BCUT2D eigenvalue weighted by atomic mass is 10.1. The first kappa shape index (κ1) is 22.3. The van der Waals surface area contributed by atoms with E-state index in [-0.39, 0.29) is 34.1 Å². The molecule has 12 heteroatoms. The molecule has 2 aromatic carbocycles. The number of furan rings is 1. The van der Waals surface area contributed by atoms with Gasteiger partial charge in [0.2, 0.25) is 0 Å². The molecule has 0 atom stereocenters. The van der Waals surface area contributed by atoms with Crippen LogP contribution in [0.1, 0.15) is 16.1 Å². The predicted octanol–water partition coefficient (Wildman–Crippen LogP) is 3.73. The number of sulfonamides is 1. The number of benzene rings is 2. The highest BCUT2D eigenvalue weighted by molar-refractivity contribution is 9.10. The van der Waals surface area contributed by atoms with Crippen LogP contribution in [0, 0.1) is 10.1 Å². The van der Waals surface area contributed by atoms with Gasteiger partial charge < -0.3 is 14.4 Å². The van der Waals surface area contributed by atoms with E-state index in [0.29, 0.717) is 10.4 Å². The zero-order chi connectivity index (χ0) is 22.8. The molecule has 0 aliphatic rings. The number of nitrogens with zero attached hydrogens (tertiary/aromatic N) is 2. The predicted molar refractivity (Wildman–Crippen MR) is 114 cm³/mol. The molecule has 0 aliphatic heterocycles. The van der Waals surface area contributed by atoms with Gasteiger partial charge in [0.15, 0.2) is 4.67 Å². The van der Waals surface area contributed by atoms with Crippen LogP contribution in [0.5, 0.6) is 5.75 Å². The number of carbonyl (C=O) groups is 1. The number of phenolic OH excluding ortho intramolecular Hbond substituents is 1.